The molecule has 1 atom stereocenters. The first-order chi connectivity index (χ1) is 12.5. The molecule has 2 amide bonds. The van der Waals surface area contributed by atoms with Gasteiger partial charge in [-0.1, -0.05) is 18.2 Å². The maximum Gasteiger partial charge on any atom is 0.265 e. The summed E-state index contributed by atoms with van der Waals surface area (Å²) in [5, 5.41) is 5.15. The highest BCUT2D eigenvalue weighted by molar-refractivity contribution is 6.41. The molecule has 7 nitrogen and oxygen atoms in total. The molecule has 3 rings (SSSR count). The van der Waals surface area contributed by atoms with E-state index in [2.05, 4.69) is 10.1 Å². The standard InChI is InChI=1S/C19H20N4O3/c1-23-17(24)10-15(18(22-23)19(20)25)16-7-6-13(11-21-16)8-12-4-3-5-14(9-12)26-2/h3-7,9,11,15H,8,10H2,1-2H3,(H2,20,25). The van der Waals surface area contributed by atoms with Crippen molar-refractivity contribution in [3.63, 3.8) is 0 Å². The average molecular weight is 352 g/mol. The van der Waals surface area contributed by atoms with E-state index in [1.807, 2.05) is 36.4 Å². The Balaban J connectivity index is 1.81. The molecule has 0 saturated heterocycles. The monoisotopic (exact) mass is 352 g/mol. The zero-order chi connectivity index (χ0) is 18.7. The summed E-state index contributed by atoms with van der Waals surface area (Å²) < 4.78 is 5.24. The van der Waals surface area contributed by atoms with Crippen molar-refractivity contribution in [2.45, 2.75) is 18.8 Å². The van der Waals surface area contributed by atoms with E-state index in [-0.39, 0.29) is 18.0 Å². The summed E-state index contributed by atoms with van der Waals surface area (Å²) in [6.07, 6.45) is 2.57. The number of rotatable bonds is 5. The van der Waals surface area contributed by atoms with Gasteiger partial charge in [0.2, 0.25) is 5.91 Å². The number of primary amides is 1. The molecule has 0 aliphatic carbocycles. The van der Waals surface area contributed by atoms with Crippen LogP contribution in [0.5, 0.6) is 5.75 Å². The van der Waals surface area contributed by atoms with Gasteiger partial charge in [-0.15, -0.1) is 0 Å². The van der Waals surface area contributed by atoms with Gasteiger partial charge in [0.05, 0.1) is 18.7 Å². The SMILES string of the molecule is COc1cccc(Cc2ccc(C3CC(=O)N(C)N=C3C(N)=O)nc2)c1. The molecule has 1 aliphatic heterocycles. The van der Waals surface area contributed by atoms with Gasteiger partial charge >= 0.3 is 0 Å². The zero-order valence-corrected chi connectivity index (χ0v) is 14.7. The Labute approximate surface area is 151 Å². The van der Waals surface area contributed by atoms with Crippen LogP contribution in [0.3, 0.4) is 0 Å². The van der Waals surface area contributed by atoms with E-state index in [1.165, 1.54) is 7.05 Å². The van der Waals surface area contributed by atoms with Crippen molar-refractivity contribution in [1.29, 1.82) is 0 Å². The fourth-order valence-electron chi connectivity index (χ4n) is 2.92. The largest absolute Gasteiger partial charge is 0.497 e. The summed E-state index contributed by atoms with van der Waals surface area (Å²) in [6.45, 7) is 0. The lowest BCUT2D eigenvalue weighted by atomic mass is 9.92. The number of hydrogen-bond acceptors (Lipinski definition) is 5. The number of nitrogens with zero attached hydrogens (tertiary/aromatic N) is 3. The van der Waals surface area contributed by atoms with Crippen molar-refractivity contribution in [3.05, 3.63) is 59.4 Å². The number of benzene rings is 1. The summed E-state index contributed by atoms with van der Waals surface area (Å²) in [5.41, 5.74) is 8.29. The van der Waals surface area contributed by atoms with Gasteiger partial charge < -0.3 is 10.5 Å². The van der Waals surface area contributed by atoms with E-state index in [9.17, 15) is 9.59 Å². The molecule has 134 valence electrons. The second kappa shape index (κ2) is 7.35. The molecule has 0 bridgehead atoms. The van der Waals surface area contributed by atoms with Crippen LogP contribution in [-0.4, -0.2) is 41.7 Å². The first-order valence-corrected chi connectivity index (χ1v) is 8.20. The first-order valence-electron chi connectivity index (χ1n) is 8.20. The van der Waals surface area contributed by atoms with Crippen molar-refractivity contribution in [2.75, 3.05) is 14.2 Å². The van der Waals surface area contributed by atoms with Gasteiger partial charge in [0.15, 0.2) is 0 Å². The van der Waals surface area contributed by atoms with E-state index in [0.717, 1.165) is 21.9 Å². The lowest BCUT2D eigenvalue weighted by Crippen LogP contribution is -2.39. The van der Waals surface area contributed by atoms with Crippen LogP contribution in [0.15, 0.2) is 47.7 Å². The molecule has 2 aromatic rings. The lowest BCUT2D eigenvalue weighted by molar-refractivity contribution is -0.130. The van der Waals surface area contributed by atoms with Crippen molar-refractivity contribution >= 4 is 17.5 Å². The third-order valence-electron chi connectivity index (χ3n) is 4.33. The Bertz CT molecular complexity index is 861. The lowest BCUT2D eigenvalue weighted by Gasteiger charge is -2.25. The third-order valence-corrected chi connectivity index (χ3v) is 4.33. The number of carbonyl (C=O) groups is 2. The number of hydrogen-bond donors (Lipinski definition) is 1. The van der Waals surface area contributed by atoms with Crippen molar-refractivity contribution in [1.82, 2.24) is 9.99 Å². The van der Waals surface area contributed by atoms with Gasteiger partial charge in [0, 0.05) is 19.7 Å². The molecule has 2 N–H and O–H groups in total. The van der Waals surface area contributed by atoms with Crippen molar-refractivity contribution in [3.8, 4) is 5.75 Å². The fraction of sp³-hybridized carbons (Fsp3) is 0.263. The number of carbonyl (C=O) groups excluding carboxylic acids is 2. The molecule has 26 heavy (non-hydrogen) atoms. The second-order valence-electron chi connectivity index (χ2n) is 6.14. The molecule has 1 aliphatic rings. The average Bonchev–Trinajstić information content (AvgIpc) is 2.64. The smallest absolute Gasteiger partial charge is 0.265 e. The maximum absolute atomic E-state index is 11.9. The Morgan fingerprint density at radius 2 is 2.12 bits per heavy atom. The molecular weight excluding hydrogens is 332 g/mol. The Hall–Kier alpha value is -3.22. The molecular formula is C19H20N4O3. The highest BCUT2D eigenvalue weighted by Gasteiger charge is 2.32. The molecule has 0 fully saturated rings. The van der Waals surface area contributed by atoms with Gasteiger partial charge in [-0.3, -0.25) is 14.6 Å². The molecule has 7 heteroatoms. The zero-order valence-electron chi connectivity index (χ0n) is 14.7. The Morgan fingerprint density at radius 3 is 2.77 bits per heavy atom. The predicted octanol–water partition coefficient (Wildman–Crippen LogP) is 1.47. The van der Waals surface area contributed by atoms with Gasteiger partial charge in [-0.05, 0) is 35.7 Å². The van der Waals surface area contributed by atoms with Crippen molar-refractivity contribution in [2.24, 2.45) is 10.8 Å². The molecule has 0 spiro atoms. The van der Waals surface area contributed by atoms with E-state index < -0.39 is 11.8 Å². The van der Waals surface area contributed by atoms with Gasteiger partial charge in [-0.2, -0.15) is 5.10 Å². The molecule has 0 saturated carbocycles. The summed E-state index contributed by atoms with van der Waals surface area (Å²) in [4.78, 5) is 28.1. The number of amides is 2. The van der Waals surface area contributed by atoms with Crippen LogP contribution in [0.1, 0.15) is 29.2 Å². The minimum Gasteiger partial charge on any atom is -0.497 e. The number of hydrazone groups is 1. The third kappa shape index (κ3) is 3.72. The van der Waals surface area contributed by atoms with E-state index in [0.29, 0.717) is 12.1 Å². The van der Waals surface area contributed by atoms with E-state index in [4.69, 9.17) is 10.5 Å². The molecule has 2 heterocycles. The first kappa shape index (κ1) is 17.6. The molecule has 1 unspecified atom stereocenters. The summed E-state index contributed by atoms with van der Waals surface area (Å²) in [7, 11) is 3.14. The van der Waals surface area contributed by atoms with Crippen LogP contribution in [0.4, 0.5) is 0 Å². The fourth-order valence-corrected chi connectivity index (χ4v) is 2.92. The Kier molecular flexibility index (Phi) is 4.97. The highest BCUT2D eigenvalue weighted by atomic mass is 16.5. The number of ether oxygens (including phenoxy) is 1. The summed E-state index contributed by atoms with van der Waals surface area (Å²) >= 11 is 0. The van der Waals surface area contributed by atoms with Gasteiger partial charge in [-0.25, -0.2) is 5.01 Å². The topological polar surface area (TPSA) is 97.9 Å². The number of methoxy groups -OCH3 is 1. The number of nitrogens with two attached hydrogens (primary N) is 1. The molecule has 1 aromatic carbocycles. The number of pyridine rings is 1. The van der Waals surface area contributed by atoms with Crippen LogP contribution in [0.25, 0.3) is 0 Å². The summed E-state index contributed by atoms with van der Waals surface area (Å²) in [5.74, 6) is -0.528. The van der Waals surface area contributed by atoms with E-state index >= 15 is 0 Å². The van der Waals surface area contributed by atoms with Crippen LogP contribution in [-0.2, 0) is 16.0 Å². The molecule has 1 aromatic heterocycles. The van der Waals surface area contributed by atoms with Crippen LogP contribution < -0.4 is 10.5 Å². The molecule has 0 radical (unpaired) electrons. The van der Waals surface area contributed by atoms with Gasteiger partial charge in [0.25, 0.3) is 5.91 Å². The minimum absolute atomic E-state index is 0.126. The van der Waals surface area contributed by atoms with E-state index in [1.54, 1.807) is 13.3 Å². The summed E-state index contributed by atoms with van der Waals surface area (Å²) in [6, 6.07) is 11.6. The second-order valence-corrected chi connectivity index (χ2v) is 6.14. The Morgan fingerprint density at radius 1 is 1.31 bits per heavy atom. The maximum atomic E-state index is 11.9. The predicted molar refractivity (Wildman–Crippen MR) is 96.8 cm³/mol. The number of aromatic nitrogens is 1. The van der Waals surface area contributed by atoms with Crippen molar-refractivity contribution < 1.29 is 14.3 Å². The minimum atomic E-state index is -0.642. The van der Waals surface area contributed by atoms with Gasteiger partial charge in [0.1, 0.15) is 11.5 Å². The normalized spacial score (nSPS) is 17.0. The van der Waals surface area contributed by atoms with Crippen LogP contribution in [0, 0.1) is 0 Å². The van der Waals surface area contributed by atoms with Crippen LogP contribution >= 0.6 is 0 Å². The highest BCUT2D eigenvalue weighted by Crippen LogP contribution is 2.25. The van der Waals surface area contributed by atoms with Crippen LogP contribution in [0.2, 0.25) is 0 Å². The quantitative estimate of drug-likeness (QED) is 0.881.